The Bertz CT molecular complexity index is 1460. The van der Waals surface area contributed by atoms with Crippen molar-refractivity contribution in [1.29, 1.82) is 5.26 Å². The van der Waals surface area contributed by atoms with Crippen molar-refractivity contribution in [2.45, 2.75) is 26.1 Å². The van der Waals surface area contributed by atoms with Gasteiger partial charge in [-0.3, -0.25) is 0 Å². The van der Waals surface area contributed by atoms with Crippen molar-refractivity contribution >= 4 is 28.0 Å². The number of nitrogens with zero attached hydrogens (tertiary/aromatic N) is 2. The van der Waals surface area contributed by atoms with Gasteiger partial charge in [0, 0.05) is 11.0 Å². The van der Waals surface area contributed by atoms with Gasteiger partial charge in [-0.25, -0.2) is 9.78 Å². The molecule has 34 heavy (non-hydrogen) atoms. The van der Waals surface area contributed by atoms with E-state index >= 15 is 0 Å². The summed E-state index contributed by atoms with van der Waals surface area (Å²) in [6, 6.07) is 28.7. The third-order valence-corrected chi connectivity index (χ3v) is 5.89. The summed E-state index contributed by atoms with van der Waals surface area (Å²) < 4.78 is 11.6. The predicted octanol–water partition coefficient (Wildman–Crippen LogP) is 5.93. The molecule has 0 saturated heterocycles. The predicted molar refractivity (Wildman–Crippen MR) is 131 cm³/mol. The lowest BCUT2D eigenvalue weighted by Gasteiger charge is -2.21. The molecule has 0 N–H and O–H groups in total. The fourth-order valence-electron chi connectivity index (χ4n) is 4.27. The van der Waals surface area contributed by atoms with Crippen LogP contribution in [0.2, 0.25) is 0 Å². The molecule has 5 rings (SSSR count). The monoisotopic (exact) mass is 446 g/mol. The zero-order valence-electron chi connectivity index (χ0n) is 18.9. The molecule has 5 nitrogen and oxygen atoms in total. The van der Waals surface area contributed by atoms with E-state index in [2.05, 4.69) is 11.1 Å². The Morgan fingerprint density at radius 3 is 2.35 bits per heavy atom. The van der Waals surface area contributed by atoms with E-state index in [4.69, 9.17) is 14.7 Å². The summed E-state index contributed by atoms with van der Waals surface area (Å²) in [7, 11) is 0. The molecule has 166 valence electrons. The molecule has 0 aliphatic carbocycles. The van der Waals surface area contributed by atoms with E-state index in [0.29, 0.717) is 23.5 Å². The molecule has 3 aromatic carbocycles. The number of carbonyl (C=O) groups excluding carboxylic acids is 1. The Kier molecular flexibility index (Phi) is 5.35. The van der Waals surface area contributed by atoms with Crippen molar-refractivity contribution in [1.82, 2.24) is 4.98 Å². The Balaban J connectivity index is 1.41. The largest absolute Gasteiger partial charge is 0.487 e. The summed E-state index contributed by atoms with van der Waals surface area (Å²) in [6.45, 7) is 4.09. The molecule has 4 aromatic rings. The highest BCUT2D eigenvalue weighted by Gasteiger charge is 2.41. The van der Waals surface area contributed by atoms with Crippen LogP contribution in [0.25, 0.3) is 22.0 Å². The van der Waals surface area contributed by atoms with Crippen molar-refractivity contribution in [3.8, 4) is 11.8 Å². The summed E-state index contributed by atoms with van der Waals surface area (Å²) in [4.78, 5) is 17.5. The van der Waals surface area contributed by atoms with Crippen molar-refractivity contribution in [3.63, 3.8) is 0 Å². The Morgan fingerprint density at radius 2 is 1.62 bits per heavy atom. The van der Waals surface area contributed by atoms with Gasteiger partial charge in [-0.15, -0.1) is 0 Å². The van der Waals surface area contributed by atoms with Gasteiger partial charge in [-0.1, -0.05) is 48.5 Å². The fraction of sp³-hybridized carbons (Fsp3) is 0.138. The zero-order chi connectivity index (χ0) is 23.7. The number of para-hydroxylation sites is 1. The molecule has 0 saturated carbocycles. The summed E-state index contributed by atoms with van der Waals surface area (Å²) >= 11 is 0. The molecule has 1 aliphatic rings. The maximum absolute atomic E-state index is 12.8. The standard InChI is InChI=1S/C29H22N2O3/c1-29(2)27(22-9-7-19(17-30)8-10-22)26(28(32)34-29)21-12-15-24(16-13-21)33-18-23-14-11-20-5-3-4-6-25(20)31-23/h3-16H,18H2,1-2H3. The van der Waals surface area contributed by atoms with Crippen LogP contribution < -0.4 is 4.74 Å². The topological polar surface area (TPSA) is 72.2 Å². The molecule has 0 atom stereocenters. The van der Waals surface area contributed by atoms with Crippen LogP contribution in [0.5, 0.6) is 5.75 Å². The second kappa shape index (κ2) is 8.49. The molecular weight excluding hydrogens is 424 g/mol. The van der Waals surface area contributed by atoms with E-state index in [1.165, 1.54) is 0 Å². The lowest BCUT2D eigenvalue weighted by molar-refractivity contribution is -0.141. The van der Waals surface area contributed by atoms with E-state index in [-0.39, 0.29) is 5.97 Å². The number of pyridine rings is 1. The molecule has 0 bridgehead atoms. The van der Waals surface area contributed by atoms with Crippen LogP contribution in [-0.4, -0.2) is 16.6 Å². The normalized spacial score (nSPS) is 14.7. The van der Waals surface area contributed by atoms with Crippen LogP contribution >= 0.6 is 0 Å². The molecular formula is C29H22N2O3. The number of rotatable bonds is 5. The quantitative estimate of drug-likeness (QED) is 0.355. The second-order valence-electron chi connectivity index (χ2n) is 8.65. The Labute approximate surface area is 197 Å². The summed E-state index contributed by atoms with van der Waals surface area (Å²) in [5.74, 6) is 0.322. The van der Waals surface area contributed by atoms with Gasteiger partial charge >= 0.3 is 5.97 Å². The Hall–Kier alpha value is -4.43. The van der Waals surface area contributed by atoms with E-state index in [0.717, 1.165) is 33.3 Å². The van der Waals surface area contributed by atoms with Crippen LogP contribution in [0.3, 0.4) is 0 Å². The minimum absolute atomic E-state index is 0.346. The summed E-state index contributed by atoms with van der Waals surface area (Å²) in [6.07, 6.45) is 0. The van der Waals surface area contributed by atoms with Gasteiger partial charge in [0.05, 0.1) is 28.4 Å². The number of nitriles is 1. The molecule has 1 aliphatic heterocycles. The number of benzene rings is 3. The van der Waals surface area contributed by atoms with Crippen LogP contribution in [0.1, 0.15) is 36.2 Å². The molecule has 2 heterocycles. The molecule has 0 spiro atoms. The lowest BCUT2D eigenvalue weighted by atomic mass is 9.86. The third kappa shape index (κ3) is 4.02. The molecule has 5 heteroatoms. The average molecular weight is 447 g/mol. The molecule has 0 radical (unpaired) electrons. The van der Waals surface area contributed by atoms with E-state index in [9.17, 15) is 4.79 Å². The first-order chi connectivity index (χ1) is 16.4. The van der Waals surface area contributed by atoms with Gasteiger partial charge in [0.2, 0.25) is 0 Å². The van der Waals surface area contributed by atoms with Gasteiger partial charge in [-0.2, -0.15) is 5.26 Å². The van der Waals surface area contributed by atoms with Crippen molar-refractivity contribution in [2.24, 2.45) is 0 Å². The van der Waals surface area contributed by atoms with Gasteiger partial charge in [0.25, 0.3) is 0 Å². The number of cyclic esters (lactones) is 1. The number of hydrogen-bond acceptors (Lipinski definition) is 5. The van der Waals surface area contributed by atoms with Crippen LogP contribution in [-0.2, 0) is 16.1 Å². The van der Waals surface area contributed by atoms with Crippen LogP contribution in [0.4, 0.5) is 0 Å². The molecule has 0 amide bonds. The molecule has 1 aromatic heterocycles. The first-order valence-electron chi connectivity index (χ1n) is 11.0. The minimum atomic E-state index is -0.780. The Morgan fingerprint density at radius 1 is 0.912 bits per heavy atom. The van der Waals surface area contributed by atoms with Crippen LogP contribution in [0.15, 0.2) is 84.9 Å². The second-order valence-corrected chi connectivity index (χ2v) is 8.65. The van der Waals surface area contributed by atoms with Gasteiger partial charge < -0.3 is 9.47 Å². The molecule has 0 unspecified atom stereocenters. The first-order valence-corrected chi connectivity index (χ1v) is 11.0. The lowest BCUT2D eigenvalue weighted by Crippen LogP contribution is -2.22. The van der Waals surface area contributed by atoms with Gasteiger partial charge in [-0.05, 0) is 61.4 Å². The summed E-state index contributed by atoms with van der Waals surface area (Å²) in [5, 5.41) is 10.2. The van der Waals surface area contributed by atoms with Crippen molar-refractivity contribution < 1.29 is 14.3 Å². The number of ether oxygens (including phenoxy) is 2. The number of hydrogen-bond donors (Lipinski definition) is 0. The number of esters is 1. The summed E-state index contributed by atoms with van der Waals surface area (Å²) in [5.41, 5.74) is 4.50. The number of carbonyl (C=O) groups is 1. The highest BCUT2D eigenvalue weighted by atomic mass is 16.6. The number of fused-ring (bicyclic) bond motifs is 1. The van der Waals surface area contributed by atoms with Gasteiger partial charge in [0.15, 0.2) is 0 Å². The SMILES string of the molecule is CC1(C)OC(=O)C(c2ccc(OCc3ccc4ccccc4n3)cc2)=C1c1ccc(C#N)cc1. The maximum Gasteiger partial charge on any atom is 0.340 e. The van der Waals surface area contributed by atoms with E-state index in [1.807, 2.05) is 86.6 Å². The highest BCUT2D eigenvalue weighted by Crippen LogP contribution is 2.43. The fourth-order valence-corrected chi connectivity index (χ4v) is 4.27. The maximum atomic E-state index is 12.8. The van der Waals surface area contributed by atoms with E-state index in [1.54, 1.807) is 12.1 Å². The van der Waals surface area contributed by atoms with Gasteiger partial charge in [0.1, 0.15) is 18.0 Å². The molecule has 0 fully saturated rings. The van der Waals surface area contributed by atoms with Crippen LogP contribution in [0, 0.1) is 11.3 Å². The first kappa shape index (κ1) is 21.4. The smallest absolute Gasteiger partial charge is 0.340 e. The number of aromatic nitrogens is 1. The minimum Gasteiger partial charge on any atom is -0.487 e. The highest BCUT2D eigenvalue weighted by molar-refractivity contribution is 6.28. The zero-order valence-corrected chi connectivity index (χ0v) is 18.9. The van der Waals surface area contributed by atoms with Crippen molar-refractivity contribution in [3.05, 3.63) is 107 Å². The van der Waals surface area contributed by atoms with E-state index < -0.39 is 5.60 Å². The van der Waals surface area contributed by atoms with Crippen molar-refractivity contribution in [2.75, 3.05) is 0 Å². The average Bonchev–Trinajstić information content (AvgIpc) is 3.10. The third-order valence-electron chi connectivity index (χ3n) is 5.89.